The van der Waals surface area contributed by atoms with Crippen LogP contribution < -0.4 is 10.6 Å². The van der Waals surface area contributed by atoms with Gasteiger partial charge >= 0.3 is 0 Å². The number of nitrogens with zero attached hydrogens (tertiary/aromatic N) is 4. The lowest BCUT2D eigenvalue weighted by Crippen LogP contribution is -2.22. The van der Waals surface area contributed by atoms with Gasteiger partial charge in [-0.3, -0.25) is 0 Å². The molecule has 3 N–H and O–H groups in total. The summed E-state index contributed by atoms with van der Waals surface area (Å²) in [5.41, 5.74) is 7.23. The van der Waals surface area contributed by atoms with Crippen LogP contribution in [0.5, 0.6) is 0 Å². The second-order valence-corrected chi connectivity index (χ2v) is 4.87. The van der Waals surface area contributed by atoms with Gasteiger partial charge in [0, 0.05) is 13.1 Å². The van der Waals surface area contributed by atoms with Gasteiger partial charge in [0.05, 0.1) is 6.33 Å². The van der Waals surface area contributed by atoms with Crippen LogP contribution in [0.15, 0.2) is 6.33 Å². The normalized spacial score (nSPS) is 24.7. The van der Waals surface area contributed by atoms with Crippen molar-refractivity contribution in [3.05, 3.63) is 6.33 Å². The van der Waals surface area contributed by atoms with Crippen LogP contribution in [0.25, 0.3) is 11.2 Å². The number of fused-ring (bicyclic) bond motifs is 1. The van der Waals surface area contributed by atoms with Crippen molar-refractivity contribution in [2.75, 3.05) is 23.7 Å². The van der Waals surface area contributed by atoms with E-state index in [1.54, 1.807) is 6.33 Å². The monoisotopic (exact) mass is 232 g/mol. The Morgan fingerprint density at radius 2 is 2.00 bits per heavy atom. The van der Waals surface area contributed by atoms with Gasteiger partial charge < -0.3 is 15.6 Å². The maximum absolute atomic E-state index is 5.72. The number of H-pyrrole nitrogens is 1. The number of rotatable bonds is 1. The van der Waals surface area contributed by atoms with Gasteiger partial charge in [0.15, 0.2) is 11.5 Å². The lowest BCUT2D eigenvalue weighted by Gasteiger charge is -2.17. The zero-order valence-corrected chi connectivity index (χ0v) is 10.0. The summed E-state index contributed by atoms with van der Waals surface area (Å²) in [5, 5.41) is 0. The molecular weight excluding hydrogens is 216 g/mol. The summed E-state index contributed by atoms with van der Waals surface area (Å²) in [5.74, 6) is 2.50. The van der Waals surface area contributed by atoms with Gasteiger partial charge in [0.25, 0.3) is 0 Å². The standard InChI is InChI=1S/C11H16N6/c1-6-3-17(4-7(6)2)10-8-9(14-5-13-8)15-11(12)16-10/h5-7H,3-4H2,1-2H3,(H3,12,13,14,15,16). The predicted octanol–water partition coefficient (Wildman–Crippen LogP) is 1.03. The van der Waals surface area contributed by atoms with Crippen LogP contribution in [0.3, 0.4) is 0 Å². The van der Waals surface area contributed by atoms with E-state index < -0.39 is 0 Å². The van der Waals surface area contributed by atoms with Crippen LogP contribution in [-0.4, -0.2) is 33.0 Å². The van der Waals surface area contributed by atoms with E-state index in [-0.39, 0.29) is 5.95 Å². The minimum Gasteiger partial charge on any atom is -0.368 e. The minimum absolute atomic E-state index is 0.284. The molecule has 90 valence electrons. The number of nitrogens with two attached hydrogens (primary N) is 1. The third kappa shape index (κ3) is 1.60. The van der Waals surface area contributed by atoms with Gasteiger partial charge in [0.1, 0.15) is 5.52 Å². The van der Waals surface area contributed by atoms with E-state index >= 15 is 0 Å². The molecule has 2 atom stereocenters. The number of anilines is 2. The molecule has 0 amide bonds. The molecule has 0 bridgehead atoms. The first-order chi connectivity index (χ1) is 8.15. The summed E-state index contributed by atoms with van der Waals surface area (Å²) < 4.78 is 0. The third-order valence-electron chi connectivity index (χ3n) is 3.57. The number of hydrogen-bond acceptors (Lipinski definition) is 5. The first-order valence-electron chi connectivity index (χ1n) is 5.86. The molecule has 0 saturated carbocycles. The molecule has 2 aromatic rings. The fraction of sp³-hybridized carbons (Fsp3) is 0.545. The average Bonchev–Trinajstić information content (AvgIpc) is 2.85. The predicted molar refractivity (Wildman–Crippen MR) is 66.6 cm³/mol. The van der Waals surface area contributed by atoms with E-state index in [0.29, 0.717) is 17.5 Å². The molecular formula is C11H16N6. The fourth-order valence-electron chi connectivity index (χ4n) is 2.37. The minimum atomic E-state index is 0.284. The Hall–Kier alpha value is -1.85. The Kier molecular flexibility index (Phi) is 2.17. The molecule has 3 heterocycles. The van der Waals surface area contributed by atoms with Crippen molar-refractivity contribution in [3.8, 4) is 0 Å². The molecule has 17 heavy (non-hydrogen) atoms. The molecule has 6 heteroatoms. The van der Waals surface area contributed by atoms with Crippen LogP contribution in [0.2, 0.25) is 0 Å². The molecule has 1 fully saturated rings. The second-order valence-electron chi connectivity index (χ2n) is 4.87. The number of aromatic amines is 1. The van der Waals surface area contributed by atoms with Crippen molar-refractivity contribution in [1.29, 1.82) is 0 Å². The van der Waals surface area contributed by atoms with Crippen LogP contribution in [0.1, 0.15) is 13.8 Å². The van der Waals surface area contributed by atoms with Crippen LogP contribution in [0.4, 0.5) is 11.8 Å². The van der Waals surface area contributed by atoms with Crippen molar-refractivity contribution in [2.24, 2.45) is 11.8 Å². The molecule has 0 spiro atoms. The molecule has 0 radical (unpaired) electrons. The average molecular weight is 232 g/mol. The summed E-state index contributed by atoms with van der Waals surface area (Å²) in [6, 6.07) is 0. The molecule has 2 aromatic heterocycles. The largest absolute Gasteiger partial charge is 0.368 e. The van der Waals surface area contributed by atoms with Gasteiger partial charge in [-0.15, -0.1) is 0 Å². The summed E-state index contributed by atoms with van der Waals surface area (Å²) in [6.45, 7) is 6.54. The summed E-state index contributed by atoms with van der Waals surface area (Å²) >= 11 is 0. The highest BCUT2D eigenvalue weighted by Crippen LogP contribution is 2.30. The van der Waals surface area contributed by atoms with Gasteiger partial charge in [-0.25, -0.2) is 4.98 Å². The Morgan fingerprint density at radius 3 is 2.71 bits per heavy atom. The maximum atomic E-state index is 5.72. The lowest BCUT2D eigenvalue weighted by molar-refractivity contribution is 0.494. The SMILES string of the molecule is CC1CN(c2nc(N)nc3nc[nH]c23)CC1C. The van der Waals surface area contributed by atoms with Crippen molar-refractivity contribution in [2.45, 2.75) is 13.8 Å². The zero-order valence-electron chi connectivity index (χ0n) is 10.0. The van der Waals surface area contributed by atoms with Gasteiger partial charge in [-0.1, -0.05) is 13.8 Å². The molecule has 1 saturated heterocycles. The second kappa shape index (κ2) is 3.58. The maximum Gasteiger partial charge on any atom is 0.224 e. The Labute approximate surface area is 99.3 Å². The molecule has 6 nitrogen and oxygen atoms in total. The van der Waals surface area contributed by atoms with Gasteiger partial charge in [0.2, 0.25) is 5.95 Å². The summed E-state index contributed by atoms with van der Waals surface area (Å²) in [7, 11) is 0. The molecule has 0 aromatic carbocycles. The molecule has 1 aliphatic rings. The number of imidazole rings is 1. The van der Waals surface area contributed by atoms with Crippen molar-refractivity contribution in [3.63, 3.8) is 0 Å². The molecule has 3 rings (SSSR count). The number of nitrogen functional groups attached to an aromatic ring is 1. The smallest absolute Gasteiger partial charge is 0.224 e. The summed E-state index contributed by atoms with van der Waals surface area (Å²) in [4.78, 5) is 17.9. The first-order valence-corrected chi connectivity index (χ1v) is 5.86. The van der Waals surface area contributed by atoms with Crippen LogP contribution in [0, 0.1) is 11.8 Å². The van der Waals surface area contributed by atoms with E-state index in [9.17, 15) is 0 Å². The first kappa shape index (κ1) is 10.3. The highest BCUT2D eigenvalue weighted by molar-refractivity contribution is 5.84. The van der Waals surface area contributed by atoms with E-state index in [2.05, 4.69) is 38.7 Å². The van der Waals surface area contributed by atoms with Crippen molar-refractivity contribution in [1.82, 2.24) is 19.9 Å². The zero-order chi connectivity index (χ0) is 12.0. The number of aromatic nitrogens is 4. The molecule has 2 unspecified atom stereocenters. The quantitative estimate of drug-likeness (QED) is 0.767. The van der Waals surface area contributed by atoms with Crippen LogP contribution >= 0.6 is 0 Å². The van der Waals surface area contributed by atoms with E-state index in [0.717, 1.165) is 24.4 Å². The van der Waals surface area contributed by atoms with Crippen LogP contribution in [-0.2, 0) is 0 Å². The topological polar surface area (TPSA) is 83.7 Å². The van der Waals surface area contributed by atoms with Crippen molar-refractivity contribution < 1.29 is 0 Å². The summed E-state index contributed by atoms with van der Waals surface area (Å²) in [6.07, 6.45) is 1.63. The Bertz CT molecular complexity index is 538. The lowest BCUT2D eigenvalue weighted by atomic mass is 10.0. The van der Waals surface area contributed by atoms with Crippen molar-refractivity contribution >= 4 is 22.9 Å². The highest BCUT2D eigenvalue weighted by Gasteiger charge is 2.28. The van der Waals surface area contributed by atoms with Gasteiger partial charge in [-0.2, -0.15) is 9.97 Å². The number of nitrogens with one attached hydrogen (secondary N) is 1. The third-order valence-corrected chi connectivity index (χ3v) is 3.57. The Morgan fingerprint density at radius 1 is 1.29 bits per heavy atom. The van der Waals surface area contributed by atoms with Gasteiger partial charge in [-0.05, 0) is 11.8 Å². The fourth-order valence-corrected chi connectivity index (χ4v) is 2.37. The van der Waals surface area contributed by atoms with E-state index in [1.807, 2.05) is 0 Å². The van der Waals surface area contributed by atoms with E-state index in [1.165, 1.54) is 0 Å². The molecule has 0 aliphatic carbocycles. The highest BCUT2D eigenvalue weighted by atomic mass is 15.2. The number of hydrogen-bond donors (Lipinski definition) is 2. The molecule has 1 aliphatic heterocycles. The van der Waals surface area contributed by atoms with E-state index in [4.69, 9.17) is 5.73 Å². The Balaban J connectivity index is 2.08.